The molecule has 0 aliphatic carbocycles. The number of nitrogen functional groups attached to an aromatic ring is 1. The zero-order valence-electron chi connectivity index (χ0n) is 10.3. The van der Waals surface area contributed by atoms with Crippen molar-refractivity contribution in [1.29, 1.82) is 0 Å². The van der Waals surface area contributed by atoms with Gasteiger partial charge in [-0.25, -0.2) is 4.39 Å². The lowest BCUT2D eigenvalue weighted by Gasteiger charge is -2.13. The molecule has 2 aromatic carbocycles. The Morgan fingerprint density at radius 2 is 2.00 bits per heavy atom. The fraction of sp³-hybridized carbons (Fsp3) is 0.0714. The van der Waals surface area contributed by atoms with Crippen LogP contribution in [-0.2, 0) is 0 Å². The molecule has 0 fully saturated rings. The van der Waals surface area contributed by atoms with Crippen LogP contribution in [0.2, 0.25) is 0 Å². The van der Waals surface area contributed by atoms with Gasteiger partial charge in [-0.15, -0.1) is 0 Å². The first-order valence-electron chi connectivity index (χ1n) is 5.61. The minimum absolute atomic E-state index is 0.184. The number of hydrogen-bond donors (Lipinski definition) is 2. The Morgan fingerprint density at radius 3 is 2.63 bits per heavy atom. The Labute approximate surface area is 109 Å². The number of halogens is 1. The number of carbonyl (C=O) groups is 1. The van der Waals surface area contributed by atoms with Crippen LogP contribution >= 0.6 is 0 Å². The average Bonchev–Trinajstić information content (AvgIpc) is 2.34. The van der Waals surface area contributed by atoms with Crippen LogP contribution in [0.5, 0.6) is 11.5 Å². The van der Waals surface area contributed by atoms with Crippen molar-refractivity contribution < 1.29 is 13.9 Å². The molecule has 0 atom stereocenters. The van der Waals surface area contributed by atoms with E-state index in [9.17, 15) is 9.18 Å². The second-order valence-corrected chi connectivity index (χ2v) is 4.10. The summed E-state index contributed by atoms with van der Waals surface area (Å²) in [7, 11) is 0. The van der Waals surface area contributed by atoms with Crippen molar-refractivity contribution in [3.63, 3.8) is 0 Å². The van der Waals surface area contributed by atoms with Gasteiger partial charge in [0.1, 0.15) is 11.6 Å². The highest BCUT2D eigenvalue weighted by atomic mass is 19.1. The molecule has 0 aliphatic heterocycles. The van der Waals surface area contributed by atoms with E-state index < -0.39 is 5.91 Å². The predicted molar refractivity (Wildman–Crippen MR) is 70.6 cm³/mol. The fourth-order valence-corrected chi connectivity index (χ4v) is 1.70. The number of carbonyl (C=O) groups excluding carboxylic acids is 1. The van der Waals surface area contributed by atoms with Crippen LogP contribution in [0.1, 0.15) is 15.9 Å². The van der Waals surface area contributed by atoms with E-state index in [1.807, 2.05) is 0 Å². The van der Waals surface area contributed by atoms with Crippen molar-refractivity contribution in [1.82, 2.24) is 0 Å². The summed E-state index contributed by atoms with van der Waals surface area (Å²) in [6, 6.07) is 8.80. The summed E-state index contributed by atoms with van der Waals surface area (Å²) in [5, 5.41) is 0. The van der Waals surface area contributed by atoms with Crippen LogP contribution in [0.3, 0.4) is 0 Å². The maximum atomic E-state index is 13.0. The van der Waals surface area contributed by atoms with Crippen LogP contribution in [0, 0.1) is 12.7 Å². The molecule has 0 spiro atoms. The third-order valence-corrected chi connectivity index (χ3v) is 2.66. The van der Waals surface area contributed by atoms with Gasteiger partial charge in [0, 0.05) is 0 Å². The molecule has 0 unspecified atom stereocenters. The first-order chi connectivity index (χ1) is 8.99. The highest BCUT2D eigenvalue weighted by Crippen LogP contribution is 2.32. The third-order valence-electron chi connectivity index (χ3n) is 2.66. The standard InChI is InChI=1S/C14H13FN2O2/c1-8-7-9(15)5-6-12(8)19-13-10(14(17)18)3-2-4-11(13)16/h2-7H,16H2,1H3,(H2,17,18). The third kappa shape index (κ3) is 2.65. The molecule has 4 N–H and O–H groups in total. The average molecular weight is 260 g/mol. The molecule has 2 rings (SSSR count). The molecule has 0 bridgehead atoms. The molecular formula is C14H13FN2O2. The van der Waals surface area contributed by atoms with Crippen molar-refractivity contribution in [3.05, 3.63) is 53.3 Å². The first-order valence-corrected chi connectivity index (χ1v) is 5.61. The van der Waals surface area contributed by atoms with Crippen LogP contribution in [0.25, 0.3) is 0 Å². The van der Waals surface area contributed by atoms with Gasteiger partial charge in [0.05, 0.1) is 11.3 Å². The number of nitrogens with two attached hydrogens (primary N) is 2. The van der Waals surface area contributed by atoms with Crippen molar-refractivity contribution >= 4 is 11.6 Å². The summed E-state index contributed by atoms with van der Waals surface area (Å²) >= 11 is 0. The molecular weight excluding hydrogens is 247 g/mol. The second-order valence-electron chi connectivity index (χ2n) is 4.10. The summed E-state index contributed by atoms with van der Waals surface area (Å²) < 4.78 is 18.6. The molecule has 4 nitrogen and oxygen atoms in total. The van der Waals surface area contributed by atoms with Crippen molar-refractivity contribution in [2.75, 3.05) is 5.73 Å². The SMILES string of the molecule is Cc1cc(F)ccc1Oc1c(N)cccc1C(N)=O. The first kappa shape index (κ1) is 12.9. The quantitative estimate of drug-likeness (QED) is 0.832. The zero-order valence-corrected chi connectivity index (χ0v) is 10.3. The smallest absolute Gasteiger partial charge is 0.252 e. The molecule has 0 heterocycles. The van der Waals surface area contributed by atoms with Gasteiger partial charge in [0.2, 0.25) is 0 Å². The molecule has 1 amide bonds. The Morgan fingerprint density at radius 1 is 1.26 bits per heavy atom. The summed E-state index contributed by atoms with van der Waals surface area (Å²) in [6.07, 6.45) is 0. The lowest BCUT2D eigenvalue weighted by Crippen LogP contribution is -2.13. The Balaban J connectivity index is 2.46. The highest BCUT2D eigenvalue weighted by molar-refractivity contribution is 5.97. The normalized spacial score (nSPS) is 10.2. The number of para-hydroxylation sites is 1. The summed E-state index contributed by atoms with van der Waals surface area (Å²) in [5.41, 5.74) is 12.1. The maximum Gasteiger partial charge on any atom is 0.252 e. The maximum absolute atomic E-state index is 13.0. The molecule has 0 aliphatic rings. The van der Waals surface area contributed by atoms with Crippen molar-refractivity contribution in [2.45, 2.75) is 6.92 Å². The van der Waals surface area contributed by atoms with Crippen molar-refractivity contribution in [3.8, 4) is 11.5 Å². The Bertz CT molecular complexity index is 641. The molecule has 0 radical (unpaired) electrons. The van der Waals surface area contributed by atoms with Gasteiger partial charge < -0.3 is 16.2 Å². The van der Waals surface area contributed by atoms with Gasteiger partial charge in [0.25, 0.3) is 5.91 Å². The predicted octanol–water partition coefficient (Wildman–Crippen LogP) is 2.61. The fourth-order valence-electron chi connectivity index (χ4n) is 1.70. The van der Waals surface area contributed by atoms with Crippen LogP contribution in [0.15, 0.2) is 36.4 Å². The number of benzene rings is 2. The van der Waals surface area contributed by atoms with Gasteiger partial charge in [-0.1, -0.05) is 6.07 Å². The Kier molecular flexibility index (Phi) is 3.37. The number of rotatable bonds is 3. The zero-order chi connectivity index (χ0) is 14.0. The number of hydrogen-bond acceptors (Lipinski definition) is 3. The minimum Gasteiger partial charge on any atom is -0.454 e. The van der Waals surface area contributed by atoms with Crippen LogP contribution < -0.4 is 16.2 Å². The van der Waals surface area contributed by atoms with Gasteiger partial charge in [-0.2, -0.15) is 0 Å². The van der Waals surface area contributed by atoms with Gasteiger partial charge in [-0.3, -0.25) is 4.79 Å². The molecule has 0 aromatic heterocycles. The number of primary amides is 1. The highest BCUT2D eigenvalue weighted by Gasteiger charge is 2.14. The van der Waals surface area contributed by atoms with Gasteiger partial charge in [0.15, 0.2) is 5.75 Å². The topological polar surface area (TPSA) is 78.3 Å². The number of aryl methyl sites for hydroxylation is 1. The van der Waals surface area contributed by atoms with E-state index in [2.05, 4.69) is 0 Å². The molecule has 0 saturated heterocycles. The summed E-state index contributed by atoms with van der Waals surface area (Å²) in [4.78, 5) is 11.3. The summed E-state index contributed by atoms with van der Waals surface area (Å²) in [6.45, 7) is 1.70. The van der Waals surface area contributed by atoms with E-state index >= 15 is 0 Å². The Hall–Kier alpha value is -2.56. The lowest BCUT2D eigenvalue weighted by atomic mass is 10.1. The number of amides is 1. The van der Waals surface area contributed by atoms with Gasteiger partial charge >= 0.3 is 0 Å². The van der Waals surface area contributed by atoms with E-state index in [-0.39, 0.29) is 17.1 Å². The lowest BCUT2D eigenvalue weighted by molar-refractivity contribution is 0.0998. The molecule has 0 saturated carbocycles. The summed E-state index contributed by atoms with van der Waals surface area (Å²) in [5.74, 6) is -0.394. The van der Waals surface area contributed by atoms with Crippen LogP contribution in [-0.4, -0.2) is 5.91 Å². The van der Waals surface area contributed by atoms with Crippen molar-refractivity contribution in [2.24, 2.45) is 5.73 Å². The largest absolute Gasteiger partial charge is 0.454 e. The van der Waals surface area contributed by atoms with Crippen LogP contribution in [0.4, 0.5) is 10.1 Å². The van der Waals surface area contributed by atoms with E-state index in [4.69, 9.17) is 16.2 Å². The second kappa shape index (κ2) is 4.97. The molecule has 2 aromatic rings. The molecule has 5 heteroatoms. The van der Waals surface area contributed by atoms with E-state index in [1.54, 1.807) is 19.1 Å². The molecule has 19 heavy (non-hydrogen) atoms. The van der Waals surface area contributed by atoms with Gasteiger partial charge in [-0.05, 0) is 42.8 Å². The number of ether oxygens (including phenoxy) is 1. The number of anilines is 1. The van der Waals surface area contributed by atoms with E-state index in [0.717, 1.165) is 0 Å². The monoisotopic (exact) mass is 260 g/mol. The van der Waals surface area contributed by atoms with E-state index in [1.165, 1.54) is 24.3 Å². The molecule has 98 valence electrons. The van der Waals surface area contributed by atoms with E-state index in [0.29, 0.717) is 17.0 Å². The minimum atomic E-state index is -0.637.